The Balaban J connectivity index is -0.000000127. The number of hydrogen-bond donors (Lipinski definition) is 22. The highest BCUT2D eigenvalue weighted by atomic mass is 16.4. The van der Waals surface area contributed by atoms with Crippen LogP contribution in [0.1, 0.15) is 114 Å². The molecule has 1 aliphatic rings. The Bertz CT molecular complexity index is 1880. The summed E-state index contributed by atoms with van der Waals surface area (Å²) in [7, 11) is 0. The van der Waals surface area contributed by atoms with Gasteiger partial charge in [-0.1, -0.05) is 94.2 Å². The van der Waals surface area contributed by atoms with Crippen molar-refractivity contribution in [3.05, 3.63) is 29.8 Å². The van der Waals surface area contributed by atoms with Crippen molar-refractivity contribution in [3.8, 4) is 5.75 Å². The first-order chi connectivity index (χ1) is 37.7. The van der Waals surface area contributed by atoms with Crippen LogP contribution in [0.25, 0.3) is 0 Å². The van der Waals surface area contributed by atoms with E-state index in [0.29, 0.717) is 0 Å². The molecule has 2 rings (SSSR count). The second-order valence-corrected chi connectivity index (χ2v) is 19.1. The normalized spacial score (nSPS) is 15.0. The van der Waals surface area contributed by atoms with Crippen molar-refractivity contribution in [2.75, 3.05) is 13.1 Å². The number of phenols is 1. The van der Waals surface area contributed by atoms with E-state index in [1.54, 1.807) is 67.5 Å². The van der Waals surface area contributed by atoms with E-state index in [9.17, 15) is 52.7 Å². The summed E-state index contributed by atoms with van der Waals surface area (Å²) < 4.78 is 0. The predicted octanol–water partition coefficient (Wildman–Crippen LogP) is -1.46. The highest BCUT2D eigenvalue weighted by molar-refractivity contribution is 5.80. The van der Waals surface area contributed by atoms with Gasteiger partial charge in [-0.05, 0) is 80.0 Å². The zero-order chi connectivity index (χ0) is 67.8. The number of rotatable bonds is 20. The molecule has 1 saturated heterocycles. The van der Waals surface area contributed by atoms with Gasteiger partial charge in [0.05, 0.1) is 13.0 Å². The summed E-state index contributed by atoms with van der Waals surface area (Å²) in [5.41, 5.74) is 46.3. The Morgan fingerprint density at radius 2 is 0.771 bits per heavy atom. The molecule has 0 aromatic heterocycles. The Labute approximate surface area is 482 Å². The topological polar surface area (TPSA) is 677 Å². The van der Waals surface area contributed by atoms with Gasteiger partial charge in [0, 0.05) is 0 Å². The summed E-state index contributed by atoms with van der Waals surface area (Å²) in [5.74, 6) is -10.5. The quantitative estimate of drug-likeness (QED) is 0.0709. The van der Waals surface area contributed by atoms with Crippen LogP contribution in [-0.4, -0.2) is 194 Å². The van der Waals surface area contributed by atoms with E-state index in [1.807, 2.05) is 13.8 Å². The SMILES string of the molecule is CC(C)C(N)C(=O)O.CC(C)C(N)C(=O)O.CC(C)C(N)C(=O)O.CC(C)C(N)C(=O)O.CC(N)C(=O)O.CCC(C)C(N)C(=O)O.NC(CC(=O)O)C(=O)O.NC(Cc1ccc(O)cc1)C(=O)O.NCC(=O)O.O=C(O)C1CCCCN1. The molecule has 83 heavy (non-hydrogen) atoms. The lowest BCUT2D eigenvalue weighted by Crippen LogP contribution is -2.40. The summed E-state index contributed by atoms with van der Waals surface area (Å²) in [6, 6.07) is -0.426. The molecule has 0 aliphatic carbocycles. The largest absolute Gasteiger partial charge is 0.508 e. The van der Waals surface area contributed by atoms with Crippen molar-refractivity contribution in [2.24, 2.45) is 81.2 Å². The molecule has 0 bridgehead atoms. The van der Waals surface area contributed by atoms with Crippen molar-refractivity contribution < 1.29 is 114 Å². The van der Waals surface area contributed by atoms with Gasteiger partial charge >= 0.3 is 65.7 Å². The van der Waals surface area contributed by atoms with Crippen LogP contribution >= 0.6 is 0 Å². The van der Waals surface area contributed by atoms with Gasteiger partial charge in [-0.25, -0.2) is 0 Å². The number of nitrogens with one attached hydrogen (secondary N) is 1. The molecule has 0 spiro atoms. The summed E-state index contributed by atoms with van der Waals surface area (Å²) >= 11 is 0. The molecule has 1 aromatic rings. The second-order valence-electron chi connectivity index (χ2n) is 19.1. The van der Waals surface area contributed by atoms with Crippen LogP contribution in [-0.2, 0) is 59.2 Å². The number of aliphatic carboxylic acids is 11. The maximum absolute atomic E-state index is 10.4. The molecule has 31 N–H and O–H groups in total. The zero-order valence-corrected chi connectivity index (χ0v) is 49.1. The lowest BCUT2D eigenvalue weighted by molar-refractivity contribution is -0.144. The van der Waals surface area contributed by atoms with E-state index in [-0.39, 0.29) is 54.3 Å². The fourth-order valence-electron chi connectivity index (χ4n) is 3.95. The Morgan fingerprint density at radius 3 is 0.904 bits per heavy atom. The molecule has 0 radical (unpaired) electrons. The molecular formula is C50H98N10O23. The third kappa shape index (κ3) is 63.8. The van der Waals surface area contributed by atoms with Crippen molar-refractivity contribution in [1.82, 2.24) is 5.32 Å². The number of aromatic hydroxyl groups is 1. The Hall–Kier alpha value is -7.21. The van der Waals surface area contributed by atoms with Crippen molar-refractivity contribution >= 4 is 65.7 Å². The van der Waals surface area contributed by atoms with E-state index >= 15 is 0 Å². The molecule has 33 nitrogen and oxygen atoms in total. The van der Waals surface area contributed by atoms with Gasteiger partial charge in [0.25, 0.3) is 0 Å². The van der Waals surface area contributed by atoms with E-state index < -0.39 is 120 Å². The second kappa shape index (κ2) is 54.1. The number of phenolic OH excluding ortho intramolecular Hbond substituents is 1. The standard InChI is InChI=1S/C9H11NO3.C6H11NO2.C6H13NO2.4C5H11NO2.C4H7NO4.C3H7NO2.C2H5NO2/c10-8(9(12)13)5-6-1-3-7(11)4-2-6;8-6(9)5-3-1-2-4-7-5;1-3-4(2)5(7)6(8)9;4*1-3(2)4(6)5(7)8;5-2(4(8)9)1-3(6)7;1-2(4)3(5)6;3-1-2(4)5/h1-4,8,11H,5,10H2,(H,12,13);5,7H,1-4H2,(H,8,9);4-5H,3,7H2,1-2H3,(H,8,9);4*3-4H,6H2,1-2H3,(H,7,8);2H,1,5H2,(H,6,7)(H,8,9);2H,4H2,1H3,(H,5,6);1,3H2,(H,4,5). The number of carboxylic acid groups (broad SMARTS) is 11. The molecule has 486 valence electrons. The van der Waals surface area contributed by atoms with Crippen LogP contribution in [0.3, 0.4) is 0 Å². The zero-order valence-electron chi connectivity index (χ0n) is 49.1. The lowest BCUT2D eigenvalue weighted by atomic mass is 10.0. The first-order valence-corrected chi connectivity index (χ1v) is 25.4. The molecule has 1 aliphatic heterocycles. The smallest absolute Gasteiger partial charge is 0.321 e. The first-order valence-electron chi connectivity index (χ1n) is 25.4. The molecule has 0 saturated carbocycles. The van der Waals surface area contributed by atoms with E-state index in [0.717, 1.165) is 37.8 Å². The number of benzene rings is 1. The van der Waals surface area contributed by atoms with E-state index in [2.05, 4.69) is 11.1 Å². The summed E-state index contributed by atoms with van der Waals surface area (Å²) in [4.78, 5) is 109. The monoisotopic (exact) mass is 1210 g/mol. The maximum Gasteiger partial charge on any atom is 0.321 e. The minimum Gasteiger partial charge on any atom is -0.508 e. The van der Waals surface area contributed by atoms with Crippen LogP contribution in [0.15, 0.2) is 24.3 Å². The predicted molar refractivity (Wildman–Crippen MR) is 303 cm³/mol. The van der Waals surface area contributed by atoms with Gasteiger partial charge in [0.15, 0.2) is 0 Å². The molecule has 1 heterocycles. The van der Waals surface area contributed by atoms with Crippen molar-refractivity contribution in [1.29, 1.82) is 0 Å². The Morgan fingerprint density at radius 1 is 0.470 bits per heavy atom. The van der Waals surface area contributed by atoms with Crippen LogP contribution < -0.4 is 56.9 Å². The van der Waals surface area contributed by atoms with Gasteiger partial charge in [0.2, 0.25) is 0 Å². The summed E-state index contributed by atoms with van der Waals surface area (Å²) in [5, 5.41) is 102. The molecule has 1 fully saturated rings. The van der Waals surface area contributed by atoms with Crippen LogP contribution in [0.2, 0.25) is 0 Å². The molecule has 10 unspecified atom stereocenters. The van der Waals surface area contributed by atoms with Gasteiger partial charge in [-0.2, -0.15) is 0 Å². The first kappa shape index (κ1) is 92.3. The van der Waals surface area contributed by atoms with Crippen molar-refractivity contribution in [2.45, 2.75) is 169 Å². The third-order valence-corrected chi connectivity index (χ3v) is 10.1. The summed E-state index contributed by atoms with van der Waals surface area (Å²) in [6.07, 6.45) is 3.50. The number of nitrogens with two attached hydrogens (primary N) is 9. The van der Waals surface area contributed by atoms with E-state index in [4.69, 9.17) is 107 Å². The number of carboxylic acids is 11. The highest BCUT2D eigenvalue weighted by Gasteiger charge is 2.20. The number of carbonyl (C=O) groups is 11. The minimum absolute atomic E-state index is 0.0208. The lowest BCUT2D eigenvalue weighted by Gasteiger charge is -2.18. The van der Waals surface area contributed by atoms with Crippen molar-refractivity contribution in [3.63, 3.8) is 0 Å². The minimum atomic E-state index is -1.29. The van der Waals surface area contributed by atoms with Crippen LogP contribution in [0.4, 0.5) is 0 Å². The van der Waals surface area contributed by atoms with Gasteiger partial charge in [-0.3, -0.25) is 52.7 Å². The fraction of sp³-hybridized carbons (Fsp3) is 0.660. The Kier molecular flexibility index (Phi) is 60.1. The molecule has 0 amide bonds. The molecule has 10 atom stereocenters. The average Bonchev–Trinajstić information content (AvgIpc) is 3.39. The summed E-state index contributed by atoms with van der Waals surface area (Å²) in [6.45, 7) is 20.0. The number of piperidine rings is 1. The maximum atomic E-state index is 10.4. The number of hydrogen-bond acceptors (Lipinski definition) is 22. The average molecular weight is 1210 g/mol. The van der Waals surface area contributed by atoms with Gasteiger partial charge < -0.3 is 118 Å². The van der Waals surface area contributed by atoms with Crippen LogP contribution in [0, 0.1) is 29.6 Å². The van der Waals surface area contributed by atoms with Gasteiger partial charge in [-0.15, -0.1) is 0 Å². The highest BCUT2D eigenvalue weighted by Crippen LogP contribution is 2.11. The molecular weight excluding hydrogens is 1110 g/mol. The molecule has 33 heteroatoms. The van der Waals surface area contributed by atoms with E-state index in [1.165, 1.54) is 19.1 Å². The fourth-order valence-corrected chi connectivity index (χ4v) is 3.95. The molecule has 1 aromatic carbocycles. The van der Waals surface area contributed by atoms with Gasteiger partial charge in [0.1, 0.15) is 60.1 Å². The van der Waals surface area contributed by atoms with Crippen LogP contribution in [0.5, 0.6) is 5.75 Å². The third-order valence-electron chi connectivity index (χ3n) is 10.1.